The number of Topliss-reactive ketones (excluding diaryl/α,β-unsaturated/α-hetero) is 4. The lowest BCUT2D eigenvalue weighted by molar-refractivity contribution is -0.197. The van der Waals surface area contributed by atoms with Crippen LogP contribution in [0.1, 0.15) is 268 Å². The van der Waals surface area contributed by atoms with Gasteiger partial charge in [-0.1, -0.05) is 55.4 Å². The average molecular weight is 2250 g/mol. The molecule has 0 aromatic heterocycles. The fourth-order valence-electron chi connectivity index (χ4n) is 14.7. The van der Waals surface area contributed by atoms with Crippen molar-refractivity contribution in [3.05, 3.63) is 0 Å². The van der Waals surface area contributed by atoms with Crippen LogP contribution in [0.5, 0.6) is 0 Å². The zero-order valence-electron chi connectivity index (χ0n) is 89.9. The molecular formula is C96H161Cl6N17O30. The van der Waals surface area contributed by atoms with E-state index >= 15 is 0 Å². The van der Waals surface area contributed by atoms with Crippen molar-refractivity contribution in [1.82, 2.24) is 77.8 Å². The molecular weight excluding hydrogens is 2080 g/mol. The molecule has 15 N–H and O–H groups in total. The molecule has 16 amide bonds. The highest BCUT2D eigenvalue weighted by Crippen LogP contribution is 2.25. The molecule has 53 heteroatoms. The summed E-state index contributed by atoms with van der Waals surface area (Å²) in [5.41, 5.74) is 9.74. The van der Waals surface area contributed by atoms with Crippen molar-refractivity contribution in [2.45, 2.75) is 376 Å². The molecule has 47 nitrogen and oxygen atoms in total. The molecule has 3 unspecified atom stereocenters. The van der Waals surface area contributed by atoms with Crippen molar-refractivity contribution in [2.24, 2.45) is 35.1 Å². The summed E-state index contributed by atoms with van der Waals surface area (Å²) in [6.07, 6.45) is 4.47. The Morgan fingerprint density at radius 1 is 0.356 bits per heavy atom. The topological polar surface area (TPSA) is 665 Å². The molecule has 0 aromatic rings. The number of amides is 16. The predicted octanol–water partition coefficient (Wildman–Crippen LogP) is 4.22. The minimum absolute atomic E-state index is 0. The van der Waals surface area contributed by atoms with Gasteiger partial charge in [0.25, 0.3) is 11.8 Å². The molecule has 5 heterocycles. The van der Waals surface area contributed by atoms with E-state index in [-0.39, 0.29) is 140 Å². The van der Waals surface area contributed by atoms with Gasteiger partial charge in [0.05, 0.1) is 87.2 Å². The second kappa shape index (κ2) is 71.4. The number of alkyl halides is 4. The lowest BCUT2D eigenvalue weighted by Gasteiger charge is -2.29. The number of nitrogens with one attached hydrogen (secondary N) is 10. The summed E-state index contributed by atoms with van der Waals surface area (Å²) in [7, 11) is 2.42. The third-order valence-corrected chi connectivity index (χ3v) is 23.4. The van der Waals surface area contributed by atoms with E-state index < -0.39 is 215 Å². The number of hydrogen-bond donors (Lipinski definition) is 13. The van der Waals surface area contributed by atoms with Crippen molar-refractivity contribution in [2.75, 3.05) is 63.9 Å². The van der Waals surface area contributed by atoms with Crippen LogP contribution in [0, 0.1) is 23.7 Å². The molecule has 5 rings (SSSR count). The first-order chi connectivity index (χ1) is 68.2. The second-order valence-electron chi connectivity index (χ2n) is 39.7. The number of carboxylic acids is 1. The zero-order valence-corrected chi connectivity index (χ0v) is 94.6. The van der Waals surface area contributed by atoms with Crippen LogP contribution in [0.3, 0.4) is 0 Å². The number of hydroxylamine groups is 2. The molecule has 149 heavy (non-hydrogen) atoms. The summed E-state index contributed by atoms with van der Waals surface area (Å²) < 4.78 is 19.1. The van der Waals surface area contributed by atoms with Crippen LogP contribution >= 0.6 is 71.2 Å². The summed E-state index contributed by atoms with van der Waals surface area (Å²) in [5, 5.41) is 35.0. The average Bonchev–Trinajstić information content (AvgIpc) is 1.71. The Morgan fingerprint density at radius 3 is 0.872 bits per heavy atom. The number of hydrogen-bond acceptors (Lipinski definition) is 31. The summed E-state index contributed by atoms with van der Waals surface area (Å²) >= 11 is 22.2. The van der Waals surface area contributed by atoms with Crippen molar-refractivity contribution >= 4 is 213 Å². The Morgan fingerprint density at radius 2 is 0.617 bits per heavy atom. The van der Waals surface area contributed by atoms with Crippen LogP contribution in [0.25, 0.3) is 0 Å². The van der Waals surface area contributed by atoms with Crippen molar-refractivity contribution in [3.63, 3.8) is 0 Å². The number of nitrogens with zero attached hydrogens (tertiary/aromatic N) is 5. The van der Waals surface area contributed by atoms with Crippen LogP contribution in [0.2, 0.25) is 0 Å². The lowest BCUT2D eigenvalue weighted by Crippen LogP contribution is -2.56. The van der Waals surface area contributed by atoms with Gasteiger partial charge in [0.1, 0.15) is 77.7 Å². The number of imide groups is 1. The lowest BCUT2D eigenvalue weighted by atomic mass is 10.0. The fraction of sp³-hybridized carbons (Fsp3) is 0.750. The molecule has 5 saturated heterocycles. The molecule has 0 aliphatic carbocycles. The third kappa shape index (κ3) is 54.9. The van der Waals surface area contributed by atoms with E-state index in [1.807, 2.05) is 55.4 Å². The molecule has 16 atom stereocenters. The zero-order chi connectivity index (χ0) is 113. The van der Waals surface area contributed by atoms with Crippen LogP contribution < -0.4 is 64.6 Å². The number of methoxy groups -OCH3 is 2. The largest absolute Gasteiger partial charge is 0.480 e. The molecule has 0 bridgehead atoms. The third-order valence-electron chi connectivity index (χ3n) is 22.3. The normalized spacial score (nSPS) is 17.9. The summed E-state index contributed by atoms with van der Waals surface area (Å²) in [4.78, 5) is 297. The molecule has 0 radical (unpaired) electrons. The van der Waals surface area contributed by atoms with Gasteiger partial charge >= 0.3 is 36.1 Å². The Labute approximate surface area is 904 Å². The number of aliphatic carboxylic acids is 1. The number of alkyl carbamates (subject to hydrolysis) is 2. The number of likely N-dealkylation sites (tertiary alicyclic amines) is 4. The fourth-order valence-corrected chi connectivity index (χ4v) is 15.5. The first kappa shape index (κ1) is 143. The van der Waals surface area contributed by atoms with Crippen LogP contribution in [-0.2, 0) is 129 Å². The highest BCUT2D eigenvalue weighted by atomic mass is 35.5. The van der Waals surface area contributed by atoms with Crippen molar-refractivity contribution < 1.29 is 144 Å². The summed E-state index contributed by atoms with van der Waals surface area (Å²) in [6.45, 7) is 39.5. The van der Waals surface area contributed by atoms with E-state index in [1.54, 1.807) is 48.5 Å². The number of ketones is 4. The standard InChI is InChI=1S/C23H37ClN4O7.C23H39ClN4O6.C18H31ClN4O4.C16H27N3O6.C9H11NO6.C7H14ClNO.2ClH/c1-13(2)11-16(18(29)12-24)27-21(32)14(3)26-22(33)17-7-6-10-28(17)23(34)15(4)25-19(30)8-9-20(31)35-5;1-13(2)11-16(18(29)12-24)27-19(30)14(3)25-20(31)17-9-8-10-28(17)21(32)15(4)26-22(33)34-23(5,6)7;1-10(2)8-13(15(24)9-19)22-16(25)12(4)21-17(26)14-6-5-7-23(14)18(27)11(3)20;1-9(18-15(24)25-16(3,4)5)13(21)19-8-6-7-11(19)12(20)17-10(2)14(22)23;1-15-8(13)4-5-9(14)16-10-6(11)2-3-7(10)12;1-5(2)3-6(9)7(10)4-8;;/h13-17H,6-12H2,1-5H3,(H,25,30)(H,26,33)(H,27,32);13-17H,8-12H2,1-7H3,(H,25,31)(H,26,33)(H,27,30);10-14H,5-9,20H2,1-4H3,(H,21,26)(H,22,25);9-11H,6-8H2,1-5H3,(H,17,20)(H,18,24)(H,22,23);2-5H2,1H3;5-6H,3-4,9H2,1-2H3;2*1H/t2*14-,15+,16?,17+;11-,12+,13?,14-;9-,10+,11-;;6-;;/m0011.1../s1. The summed E-state index contributed by atoms with van der Waals surface area (Å²) in [5.74, 6) is -10.1. The SMILES string of the molecule is CC(C)CC(NC(=O)[C@H](C)NC(=O)[C@H]1CCCN1C(=O)[C@@H](C)N)C(=O)CCl.CC(C)CC(NC(=O)[C@H](C)NC(=O)[C@H]1CCCN1C(=O)[C@@H](C)NC(=O)OC(C)(C)C)C(=O)CCl.CC(C)C[C@@H](N)C(=O)CCl.COC(=O)CCC(=O)N[C@H](C)C(=O)N1CCC[C@@H]1C(=O)N[C@@H](C)C(=O)NC(CC(C)C)C(=O)CCl.COC(=O)CCC(=O)ON1C(=O)CCC1=O.C[C@H](NC(=O)[C@H]1CCCN1C(=O)[C@@H](C)NC(=O)OC(C)(C)C)C(=O)O.Cl.Cl. The maximum atomic E-state index is 12.9. The van der Waals surface area contributed by atoms with Crippen LogP contribution in [0.15, 0.2) is 0 Å². The molecule has 0 aromatic carbocycles. The van der Waals surface area contributed by atoms with E-state index in [2.05, 4.69) is 67.5 Å². The van der Waals surface area contributed by atoms with Gasteiger partial charge in [-0.15, -0.1) is 76.3 Å². The van der Waals surface area contributed by atoms with E-state index in [4.69, 9.17) is 72.5 Å². The van der Waals surface area contributed by atoms with Crippen molar-refractivity contribution in [3.8, 4) is 0 Å². The Hall–Kier alpha value is -10.5. The van der Waals surface area contributed by atoms with Gasteiger partial charge in [-0.3, -0.25) is 101 Å². The number of carbonyl (C=O) groups excluding carboxylic acids is 23. The first-order valence-electron chi connectivity index (χ1n) is 49.1. The van der Waals surface area contributed by atoms with Gasteiger partial charge in [0, 0.05) is 45.4 Å². The second-order valence-corrected chi connectivity index (χ2v) is 40.8. The Bertz CT molecular complexity index is 4470. The highest BCUT2D eigenvalue weighted by Gasteiger charge is 2.44. The van der Waals surface area contributed by atoms with Crippen molar-refractivity contribution in [1.29, 1.82) is 0 Å². The predicted molar refractivity (Wildman–Crippen MR) is 555 cm³/mol. The number of halogens is 6. The van der Waals surface area contributed by atoms with Gasteiger partial charge in [-0.2, -0.15) is 0 Å². The van der Waals surface area contributed by atoms with Gasteiger partial charge in [-0.25, -0.2) is 14.4 Å². The van der Waals surface area contributed by atoms with E-state index in [0.717, 1.165) is 6.42 Å². The van der Waals surface area contributed by atoms with Gasteiger partial charge < -0.3 is 113 Å². The molecule has 0 spiro atoms. The minimum atomic E-state index is -1.15. The molecule has 5 aliphatic heterocycles. The van der Waals surface area contributed by atoms with E-state index in [0.29, 0.717) is 108 Å². The molecule has 5 fully saturated rings. The molecule has 5 aliphatic rings. The number of nitrogens with two attached hydrogens (primary N) is 2. The van der Waals surface area contributed by atoms with Gasteiger partial charge in [0.2, 0.25) is 70.9 Å². The quantitative estimate of drug-likeness (QED) is 0.0176. The smallest absolute Gasteiger partial charge is 0.408 e. The van der Waals surface area contributed by atoms with Crippen LogP contribution in [0.4, 0.5) is 9.59 Å². The van der Waals surface area contributed by atoms with Gasteiger partial charge in [-0.05, 0) is 198 Å². The first-order valence-corrected chi connectivity index (χ1v) is 51.2. The van der Waals surface area contributed by atoms with Crippen LogP contribution in [-0.4, -0.2) is 343 Å². The maximum Gasteiger partial charge on any atom is 0.408 e. The number of ether oxygens (including phenoxy) is 4. The highest BCUT2D eigenvalue weighted by molar-refractivity contribution is 6.30. The number of carboxylic acid groups (broad SMARTS) is 1. The summed E-state index contributed by atoms with van der Waals surface area (Å²) in [6, 6.07) is -12.5. The molecule has 852 valence electrons. The monoisotopic (exact) mass is 2240 g/mol. The number of rotatable bonds is 45. The number of carbonyl (C=O) groups is 24. The maximum absolute atomic E-state index is 12.9. The molecule has 0 saturated carbocycles. The van der Waals surface area contributed by atoms with E-state index in [1.165, 1.54) is 82.3 Å². The Balaban J connectivity index is -0.00000177. The van der Waals surface area contributed by atoms with E-state index in [9.17, 15) is 115 Å². The minimum Gasteiger partial charge on any atom is -0.480 e. The number of esters is 2. The Kier molecular flexibility index (Phi) is 68.3. The van der Waals surface area contributed by atoms with Gasteiger partial charge in [0.15, 0.2) is 23.1 Å².